The minimum Gasteiger partial charge on any atom is -0.505 e. The number of nitrogens with zero attached hydrogens (tertiary/aromatic N) is 2. The summed E-state index contributed by atoms with van der Waals surface area (Å²) in [5.41, 5.74) is 1.27. The predicted octanol–water partition coefficient (Wildman–Crippen LogP) is 5.25. The van der Waals surface area contributed by atoms with Crippen LogP contribution in [0.1, 0.15) is 11.1 Å². The summed E-state index contributed by atoms with van der Waals surface area (Å²) in [6.45, 7) is 0.348. The third-order valence-corrected chi connectivity index (χ3v) is 12.0. The van der Waals surface area contributed by atoms with E-state index in [1.807, 2.05) is 60.7 Å². The molecule has 3 aromatic rings. The van der Waals surface area contributed by atoms with E-state index >= 15 is 0 Å². The number of carbonyl (C=O) groups is 4. The minimum absolute atomic E-state index is 0.0541. The number of phenolic OH excluding ortho intramolecular Hbond substituents is 2. The molecule has 3 aliphatic rings. The van der Waals surface area contributed by atoms with Gasteiger partial charge in [0.1, 0.15) is 17.1 Å². The summed E-state index contributed by atoms with van der Waals surface area (Å²) in [6, 6.07) is 18.7. The van der Waals surface area contributed by atoms with Crippen molar-refractivity contribution in [1.82, 2.24) is 10.0 Å². The number of aromatic hydroxyl groups is 2. The molecule has 0 bridgehead atoms. The lowest BCUT2D eigenvalue weighted by Gasteiger charge is -2.27. The van der Waals surface area contributed by atoms with Crippen molar-refractivity contribution >= 4 is 70.8 Å². The van der Waals surface area contributed by atoms with Gasteiger partial charge in [-0.1, -0.05) is 108 Å². The molecule has 3 aromatic carbocycles. The summed E-state index contributed by atoms with van der Waals surface area (Å²) in [7, 11) is 2.26. The second kappa shape index (κ2) is 12.2. The maximum Gasteiger partial charge on any atom is 0.347 e. The van der Waals surface area contributed by atoms with Crippen LogP contribution in [0.3, 0.4) is 0 Å². The Hall–Kier alpha value is -3.98. The monoisotopic (exact) mass is 666 g/mol. The first-order chi connectivity index (χ1) is 21.2. The van der Waals surface area contributed by atoms with Gasteiger partial charge in [-0.3, -0.25) is 9.59 Å². The smallest absolute Gasteiger partial charge is 0.347 e. The van der Waals surface area contributed by atoms with Gasteiger partial charge in [-0.05, 0) is 11.1 Å². The molecule has 44 heavy (non-hydrogen) atoms. The molecular formula is C30H22N2O8S4. The van der Waals surface area contributed by atoms with E-state index in [1.165, 1.54) is 10.0 Å². The molecule has 2 amide bonds. The van der Waals surface area contributed by atoms with Crippen molar-refractivity contribution in [2.24, 2.45) is 0 Å². The molecule has 14 heteroatoms. The Labute approximate surface area is 268 Å². The molecule has 0 saturated carbocycles. The Morgan fingerprint density at radius 1 is 0.659 bits per heavy atom. The normalized spacial score (nSPS) is 15.5. The highest BCUT2D eigenvalue weighted by Crippen LogP contribution is 2.68. The van der Waals surface area contributed by atoms with Crippen LogP contribution >= 0.6 is 47.0 Å². The van der Waals surface area contributed by atoms with Crippen LogP contribution in [0.15, 0.2) is 99.9 Å². The summed E-state index contributed by atoms with van der Waals surface area (Å²) >= 11 is 3.86. The SMILES string of the molecule is COC(=O)C(C(=O)OC)=C1Sc2c(O)c3c(c(O)c2S1)SC(=C1C(=O)N(Cc2ccccc2)N(Cc2ccccc2)C1=O)S3. The highest BCUT2D eigenvalue weighted by Gasteiger charge is 2.46. The average Bonchev–Trinajstić information content (AvgIpc) is 3.73. The number of hydrazine groups is 1. The number of benzene rings is 3. The highest BCUT2D eigenvalue weighted by atomic mass is 32.2. The third kappa shape index (κ3) is 5.21. The number of fused-ring (bicyclic) bond motifs is 2. The van der Waals surface area contributed by atoms with Gasteiger partial charge in [0.2, 0.25) is 0 Å². The molecule has 6 rings (SSSR count). The lowest BCUT2D eigenvalue weighted by atomic mass is 10.2. The van der Waals surface area contributed by atoms with Gasteiger partial charge in [-0.2, -0.15) is 0 Å². The lowest BCUT2D eigenvalue weighted by Crippen LogP contribution is -2.39. The van der Waals surface area contributed by atoms with Gasteiger partial charge in [0.25, 0.3) is 11.8 Å². The Bertz CT molecular complexity index is 1670. The van der Waals surface area contributed by atoms with Gasteiger partial charge in [-0.15, -0.1) is 0 Å². The van der Waals surface area contributed by atoms with E-state index in [2.05, 4.69) is 0 Å². The highest BCUT2D eigenvalue weighted by molar-refractivity contribution is 8.26. The second-order valence-corrected chi connectivity index (χ2v) is 14.0. The van der Waals surface area contributed by atoms with Crippen molar-refractivity contribution in [2.75, 3.05) is 14.2 Å². The van der Waals surface area contributed by atoms with Crippen molar-refractivity contribution in [2.45, 2.75) is 32.7 Å². The van der Waals surface area contributed by atoms with Crippen LogP contribution < -0.4 is 0 Å². The number of esters is 2. The van der Waals surface area contributed by atoms with Crippen LogP contribution in [-0.4, -0.2) is 58.2 Å². The molecule has 0 spiro atoms. The van der Waals surface area contributed by atoms with Crippen LogP contribution in [0.5, 0.6) is 11.5 Å². The number of thioether (sulfide) groups is 4. The molecule has 0 radical (unpaired) electrons. The number of ether oxygens (including phenoxy) is 2. The van der Waals surface area contributed by atoms with Crippen LogP contribution in [0, 0.1) is 0 Å². The predicted molar refractivity (Wildman–Crippen MR) is 165 cm³/mol. The van der Waals surface area contributed by atoms with E-state index in [0.717, 1.165) is 72.4 Å². The molecule has 0 atom stereocenters. The largest absolute Gasteiger partial charge is 0.505 e. The molecule has 3 aliphatic heterocycles. The van der Waals surface area contributed by atoms with E-state index in [-0.39, 0.29) is 59.6 Å². The quantitative estimate of drug-likeness (QED) is 0.117. The van der Waals surface area contributed by atoms with Crippen LogP contribution in [0.2, 0.25) is 0 Å². The fraction of sp³-hybridized carbons (Fsp3) is 0.133. The maximum atomic E-state index is 13.9. The van der Waals surface area contributed by atoms with E-state index in [4.69, 9.17) is 9.47 Å². The molecule has 3 heterocycles. The summed E-state index contributed by atoms with van der Waals surface area (Å²) in [5, 5.41) is 25.4. The van der Waals surface area contributed by atoms with Gasteiger partial charge in [0.15, 0.2) is 5.57 Å². The average molecular weight is 667 g/mol. The molecule has 0 aliphatic carbocycles. The molecular weight excluding hydrogens is 645 g/mol. The summed E-state index contributed by atoms with van der Waals surface area (Å²) in [4.78, 5) is 53.4. The van der Waals surface area contributed by atoms with Gasteiger partial charge in [0, 0.05) is 0 Å². The number of amides is 2. The number of carbonyl (C=O) groups excluding carboxylic acids is 4. The third-order valence-electron chi connectivity index (χ3n) is 6.78. The number of phenols is 2. The Morgan fingerprint density at radius 2 is 1.05 bits per heavy atom. The number of hydrogen-bond acceptors (Lipinski definition) is 12. The second-order valence-electron chi connectivity index (χ2n) is 9.43. The van der Waals surface area contributed by atoms with Crippen LogP contribution in [-0.2, 0) is 41.7 Å². The van der Waals surface area contributed by atoms with Crippen molar-refractivity contribution in [3.8, 4) is 11.5 Å². The lowest BCUT2D eigenvalue weighted by molar-refractivity contribution is -0.149. The van der Waals surface area contributed by atoms with Crippen molar-refractivity contribution in [3.05, 3.63) is 91.4 Å². The summed E-state index contributed by atoms with van der Waals surface area (Å²) in [6.07, 6.45) is 0. The van der Waals surface area contributed by atoms with Gasteiger partial charge in [-0.25, -0.2) is 19.6 Å². The zero-order valence-corrected chi connectivity index (χ0v) is 26.3. The van der Waals surface area contributed by atoms with Gasteiger partial charge < -0.3 is 19.7 Å². The Morgan fingerprint density at radius 3 is 1.43 bits per heavy atom. The number of hydrogen-bond donors (Lipinski definition) is 2. The molecule has 1 saturated heterocycles. The standard InChI is InChI=1S/C30H22N2O8S4/c1-39-27(37)18(28(38)40-2)30-43-23-19(33)21-22(20(34)24(23)44-30)42-29(41-21)17-25(35)31(13-15-9-5-3-6-10-15)32(26(17)36)14-16-11-7-4-8-12-16/h3-12,33-34H,13-14H2,1-2H3. The number of rotatable bonds is 6. The topological polar surface area (TPSA) is 134 Å². The first-order valence-electron chi connectivity index (χ1n) is 12.9. The first-order valence-corrected chi connectivity index (χ1v) is 16.2. The van der Waals surface area contributed by atoms with E-state index in [0.29, 0.717) is 4.24 Å². The number of methoxy groups -OCH3 is 2. The molecule has 1 fully saturated rings. The molecule has 2 N–H and O–H groups in total. The van der Waals surface area contributed by atoms with E-state index in [1.54, 1.807) is 0 Å². The minimum atomic E-state index is -0.916. The van der Waals surface area contributed by atoms with E-state index in [9.17, 15) is 29.4 Å². The fourth-order valence-corrected chi connectivity index (χ4v) is 10.0. The van der Waals surface area contributed by atoms with Gasteiger partial charge in [0.05, 0.1) is 55.4 Å². The van der Waals surface area contributed by atoms with Gasteiger partial charge >= 0.3 is 11.9 Å². The molecule has 224 valence electrons. The van der Waals surface area contributed by atoms with Crippen LogP contribution in [0.4, 0.5) is 0 Å². The van der Waals surface area contributed by atoms with Crippen molar-refractivity contribution in [3.63, 3.8) is 0 Å². The fourth-order valence-electron chi connectivity index (χ4n) is 4.66. The van der Waals surface area contributed by atoms with Crippen LogP contribution in [0.25, 0.3) is 0 Å². The Kier molecular flexibility index (Phi) is 8.33. The molecule has 0 unspecified atom stereocenters. The Balaban J connectivity index is 1.37. The zero-order chi connectivity index (χ0) is 31.1. The van der Waals surface area contributed by atoms with Crippen molar-refractivity contribution in [1.29, 1.82) is 0 Å². The molecule has 10 nitrogen and oxygen atoms in total. The van der Waals surface area contributed by atoms with Crippen molar-refractivity contribution < 1.29 is 38.9 Å². The zero-order valence-electron chi connectivity index (χ0n) is 23.1. The molecule has 0 aromatic heterocycles. The van der Waals surface area contributed by atoms with E-state index < -0.39 is 23.8 Å². The summed E-state index contributed by atoms with van der Waals surface area (Å²) in [5.74, 6) is -3.22. The maximum absolute atomic E-state index is 13.9. The first kappa shape index (κ1) is 30.1. The summed E-state index contributed by atoms with van der Waals surface area (Å²) < 4.78 is 9.97.